The zero-order valence-corrected chi connectivity index (χ0v) is 12.1. The van der Waals surface area contributed by atoms with Crippen LogP contribution in [-0.4, -0.2) is 28.1 Å². The number of hydrogen-bond acceptors (Lipinski definition) is 5. The van der Waals surface area contributed by atoms with Gasteiger partial charge in [-0.25, -0.2) is 0 Å². The van der Waals surface area contributed by atoms with Crippen molar-refractivity contribution in [2.24, 2.45) is 11.8 Å². The maximum Gasteiger partial charge on any atom is 0.273 e. The van der Waals surface area contributed by atoms with E-state index in [-0.39, 0.29) is 47.1 Å². The predicted molar refractivity (Wildman–Crippen MR) is 76.1 cm³/mol. The van der Waals surface area contributed by atoms with E-state index in [1.54, 1.807) is 0 Å². The average Bonchev–Trinajstić information content (AvgIpc) is 2.65. The van der Waals surface area contributed by atoms with E-state index >= 15 is 0 Å². The van der Waals surface area contributed by atoms with Gasteiger partial charge in [-0.05, 0) is 25.8 Å². The van der Waals surface area contributed by atoms with Crippen LogP contribution in [0.15, 0.2) is 18.2 Å². The van der Waals surface area contributed by atoms with Crippen LogP contribution in [-0.2, 0) is 9.53 Å². The molecule has 7 heteroatoms. The van der Waals surface area contributed by atoms with E-state index in [2.05, 4.69) is 5.32 Å². The van der Waals surface area contributed by atoms with Crippen molar-refractivity contribution in [3.63, 3.8) is 0 Å². The van der Waals surface area contributed by atoms with Crippen molar-refractivity contribution in [2.45, 2.75) is 33.0 Å². The number of phenols is 1. The third kappa shape index (κ3) is 2.97. The summed E-state index contributed by atoms with van der Waals surface area (Å²) in [7, 11) is 0. The van der Waals surface area contributed by atoms with Crippen molar-refractivity contribution in [2.75, 3.05) is 5.32 Å². The predicted octanol–water partition coefficient (Wildman–Crippen LogP) is 2.30. The van der Waals surface area contributed by atoms with Gasteiger partial charge in [0, 0.05) is 6.07 Å². The summed E-state index contributed by atoms with van der Waals surface area (Å²) in [5.41, 5.74) is -0.0744. The first-order valence-corrected chi connectivity index (χ1v) is 6.75. The number of rotatable bonds is 3. The molecule has 0 spiro atoms. The summed E-state index contributed by atoms with van der Waals surface area (Å²) < 4.78 is 5.61. The minimum Gasteiger partial charge on any atom is -0.506 e. The second kappa shape index (κ2) is 5.69. The number of phenolic OH excluding ortho intramolecular Hbond substituents is 1. The van der Waals surface area contributed by atoms with Crippen molar-refractivity contribution in [1.29, 1.82) is 0 Å². The van der Waals surface area contributed by atoms with Crippen molar-refractivity contribution < 1.29 is 19.6 Å². The summed E-state index contributed by atoms with van der Waals surface area (Å²) in [6.45, 7) is 5.69. The quantitative estimate of drug-likeness (QED) is 0.506. The number of carbonyl (C=O) groups is 1. The normalized spacial score (nSPS) is 28.3. The van der Waals surface area contributed by atoms with Crippen LogP contribution in [0.3, 0.4) is 0 Å². The average molecular weight is 294 g/mol. The minimum absolute atomic E-state index is 0.0128. The van der Waals surface area contributed by atoms with Gasteiger partial charge in [0.15, 0.2) is 0 Å². The fourth-order valence-electron chi connectivity index (χ4n) is 2.67. The van der Waals surface area contributed by atoms with Gasteiger partial charge in [-0.1, -0.05) is 6.92 Å². The maximum atomic E-state index is 12.3. The Labute approximate surface area is 122 Å². The molecule has 1 amide bonds. The van der Waals surface area contributed by atoms with Gasteiger partial charge < -0.3 is 15.2 Å². The molecule has 0 bridgehead atoms. The topological polar surface area (TPSA) is 102 Å². The molecule has 2 N–H and O–H groups in total. The minimum atomic E-state index is -0.609. The van der Waals surface area contributed by atoms with E-state index in [1.165, 1.54) is 12.1 Å². The molecule has 21 heavy (non-hydrogen) atoms. The van der Waals surface area contributed by atoms with Crippen molar-refractivity contribution >= 4 is 17.3 Å². The van der Waals surface area contributed by atoms with Crippen LogP contribution in [0, 0.1) is 22.0 Å². The lowest BCUT2D eigenvalue weighted by Crippen LogP contribution is -2.32. The Hall–Kier alpha value is -2.15. The molecule has 0 radical (unpaired) electrons. The zero-order chi connectivity index (χ0) is 15.7. The highest BCUT2D eigenvalue weighted by Crippen LogP contribution is 2.34. The summed E-state index contributed by atoms with van der Waals surface area (Å²) >= 11 is 0. The Morgan fingerprint density at radius 3 is 2.48 bits per heavy atom. The molecule has 1 saturated heterocycles. The lowest BCUT2D eigenvalue weighted by atomic mass is 9.89. The number of non-ortho nitro benzene ring substituents is 1. The van der Waals surface area contributed by atoms with Gasteiger partial charge in [-0.3, -0.25) is 14.9 Å². The molecule has 0 aromatic heterocycles. The van der Waals surface area contributed by atoms with Gasteiger partial charge in [0.1, 0.15) is 5.75 Å². The molecule has 1 aromatic rings. The molecule has 114 valence electrons. The van der Waals surface area contributed by atoms with Crippen molar-refractivity contribution in [1.82, 2.24) is 0 Å². The highest BCUT2D eigenvalue weighted by Gasteiger charge is 2.41. The standard InChI is InChI=1S/C14H18N2O5/c1-7-8(2)21-9(3)13(7)14(18)15-11-5-4-10(16(19)20)6-12(11)17/h4-9,13,17H,1-3H3,(H,15,18). The molecule has 0 saturated carbocycles. The van der Waals surface area contributed by atoms with Gasteiger partial charge in [0.05, 0.1) is 34.8 Å². The first-order valence-electron chi connectivity index (χ1n) is 6.75. The first kappa shape index (κ1) is 15.2. The van der Waals surface area contributed by atoms with Crippen LogP contribution in [0.2, 0.25) is 0 Å². The van der Waals surface area contributed by atoms with E-state index in [1.807, 2.05) is 20.8 Å². The van der Waals surface area contributed by atoms with Crippen LogP contribution < -0.4 is 5.32 Å². The first-order chi connectivity index (χ1) is 9.81. The van der Waals surface area contributed by atoms with Gasteiger partial charge in [0.25, 0.3) is 5.69 Å². The van der Waals surface area contributed by atoms with Crippen LogP contribution in [0.5, 0.6) is 5.75 Å². The summed E-state index contributed by atoms with van der Waals surface area (Å²) in [4.78, 5) is 22.3. The number of amides is 1. The number of nitro benzene ring substituents is 1. The lowest BCUT2D eigenvalue weighted by molar-refractivity contribution is -0.384. The van der Waals surface area contributed by atoms with Crippen molar-refractivity contribution in [3.05, 3.63) is 28.3 Å². The number of nitrogens with zero attached hydrogens (tertiary/aromatic N) is 1. The molecule has 1 aliphatic rings. The van der Waals surface area contributed by atoms with E-state index in [4.69, 9.17) is 4.74 Å². The fraction of sp³-hybridized carbons (Fsp3) is 0.500. The van der Waals surface area contributed by atoms with Gasteiger partial charge in [-0.2, -0.15) is 0 Å². The van der Waals surface area contributed by atoms with Gasteiger partial charge in [0.2, 0.25) is 5.91 Å². The summed E-state index contributed by atoms with van der Waals surface area (Å²) in [6, 6.07) is 3.56. The largest absolute Gasteiger partial charge is 0.506 e. The van der Waals surface area contributed by atoms with E-state index < -0.39 is 4.92 Å². The number of hydrogen-bond donors (Lipinski definition) is 2. The third-order valence-corrected chi connectivity index (χ3v) is 3.99. The molecule has 7 nitrogen and oxygen atoms in total. The molecule has 1 heterocycles. The monoisotopic (exact) mass is 294 g/mol. The number of carbonyl (C=O) groups excluding carboxylic acids is 1. The number of benzene rings is 1. The van der Waals surface area contributed by atoms with E-state index in [0.717, 1.165) is 6.07 Å². The second-order valence-corrected chi connectivity index (χ2v) is 5.38. The summed E-state index contributed by atoms with van der Waals surface area (Å²) in [5, 5.41) is 23.0. The Bertz CT molecular complexity index is 574. The molecule has 1 fully saturated rings. The lowest BCUT2D eigenvalue weighted by Gasteiger charge is -2.18. The fourth-order valence-corrected chi connectivity index (χ4v) is 2.67. The van der Waals surface area contributed by atoms with Gasteiger partial charge >= 0.3 is 0 Å². The molecular weight excluding hydrogens is 276 g/mol. The molecule has 1 aliphatic heterocycles. The maximum absolute atomic E-state index is 12.3. The smallest absolute Gasteiger partial charge is 0.273 e. The third-order valence-electron chi connectivity index (χ3n) is 3.99. The summed E-state index contributed by atoms with van der Waals surface area (Å²) in [6.07, 6.45) is -0.226. The number of aromatic hydroxyl groups is 1. The van der Waals surface area contributed by atoms with E-state index in [0.29, 0.717) is 0 Å². The molecule has 0 aliphatic carbocycles. The number of anilines is 1. The highest BCUT2D eigenvalue weighted by molar-refractivity contribution is 5.94. The van der Waals surface area contributed by atoms with Crippen LogP contribution in [0.1, 0.15) is 20.8 Å². The number of nitro groups is 1. The Morgan fingerprint density at radius 1 is 1.33 bits per heavy atom. The van der Waals surface area contributed by atoms with Crippen LogP contribution in [0.4, 0.5) is 11.4 Å². The zero-order valence-electron chi connectivity index (χ0n) is 12.1. The Kier molecular flexibility index (Phi) is 4.13. The molecular formula is C14H18N2O5. The SMILES string of the molecule is CC1OC(C)C(C(=O)Nc2ccc([N+](=O)[O-])cc2O)C1C. The second-order valence-electron chi connectivity index (χ2n) is 5.38. The number of ether oxygens (including phenoxy) is 1. The van der Waals surface area contributed by atoms with Gasteiger partial charge in [-0.15, -0.1) is 0 Å². The van der Waals surface area contributed by atoms with Crippen LogP contribution in [0.25, 0.3) is 0 Å². The molecule has 1 aromatic carbocycles. The van der Waals surface area contributed by atoms with Crippen LogP contribution >= 0.6 is 0 Å². The molecule has 4 unspecified atom stereocenters. The highest BCUT2D eigenvalue weighted by atomic mass is 16.6. The summed E-state index contributed by atoms with van der Waals surface area (Å²) in [5.74, 6) is -0.858. The Balaban J connectivity index is 2.15. The van der Waals surface area contributed by atoms with E-state index in [9.17, 15) is 20.0 Å². The molecule has 2 rings (SSSR count). The number of nitrogens with one attached hydrogen (secondary N) is 1. The van der Waals surface area contributed by atoms with Crippen molar-refractivity contribution in [3.8, 4) is 5.75 Å². The molecule has 4 atom stereocenters. The Morgan fingerprint density at radius 2 is 2.00 bits per heavy atom.